The summed E-state index contributed by atoms with van der Waals surface area (Å²) in [5.74, 6) is 0.834. The first-order chi connectivity index (χ1) is 8.97. The molecule has 0 aliphatic carbocycles. The summed E-state index contributed by atoms with van der Waals surface area (Å²) >= 11 is 13.4. The molecular weight excluding hydrogens is 301 g/mol. The second kappa shape index (κ2) is 6.14. The van der Waals surface area contributed by atoms with Gasteiger partial charge in [0.2, 0.25) is 0 Å². The van der Waals surface area contributed by atoms with E-state index in [1.54, 1.807) is 0 Å². The van der Waals surface area contributed by atoms with Crippen molar-refractivity contribution in [3.05, 3.63) is 50.1 Å². The Morgan fingerprint density at radius 2 is 1.79 bits per heavy atom. The van der Waals surface area contributed by atoms with E-state index in [0.717, 1.165) is 16.9 Å². The molecule has 5 heteroatoms. The number of benzene rings is 1. The Morgan fingerprint density at radius 1 is 1.16 bits per heavy atom. The van der Waals surface area contributed by atoms with E-state index < -0.39 is 0 Å². The average molecular weight is 316 g/mol. The SMILES string of the molecule is CC(C)Oc1ccc(C(N)c2cc(Cl)sc2Cl)cc1. The maximum atomic E-state index is 6.20. The van der Waals surface area contributed by atoms with Crippen molar-refractivity contribution in [3.63, 3.8) is 0 Å². The summed E-state index contributed by atoms with van der Waals surface area (Å²) < 4.78 is 6.88. The predicted molar refractivity (Wildman–Crippen MR) is 82.6 cm³/mol. The third-order valence-electron chi connectivity index (χ3n) is 2.63. The lowest BCUT2D eigenvalue weighted by atomic mass is 10.0. The first-order valence-corrected chi connectivity index (χ1v) is 7.51. The number of halogens is 2. The largest absolute Gasteiger partial charge is 0.491 e. The van der Waals surface area contributed by atoms with Crippen LogP contribution in [-0.2, 0) is 0 Å². The Bertz CT molecular complexity index is 551. The van der Waals surface area contributed by atoms with E-state index >= 15 is 0 Å². The van der Waals surface area contributed by atoms with E-state index in [2.05, 4.69) is 0 Å². The lowest BCUT2D eigenvalue weighted by Crippen LogP contribution is -2.11. The third-order valence-corrected chi connectivity index (χ3v) is 4.15. The number of nitrogens with two attached hydrogens (primary N) is 1. The molecule has 0 saturated heterocycles. The van der Waals surface area contributed by atoms with Crippen LogP contribution in [0.2, 0.25) is 8.67 Å². The van der Waals surface area contributed by atoms with Gasteiger partial charge in [0.15, 0.2) is 0 Å². The molecule has 2 nitrogen and oxygen atoms in total. The molecule has 1 heterocycles. The maximum Gasteiger partial charge on any atom is 0.119 e. The molecule has 0 amide bonds. The molecule has 1 aromatic carbocycles. The summed E-state index contributed by atoms with van der Waals surface area (Å²) in [5.41, 5.74) is 8.04. The fourth-order valence-corrected chi connectivity index (χ4v) is 3.32. The zero-order valence-electron chi connectivity index (χ0n) is 10.7. The average Bonchev–Trinajstić information content (AvgIpc) is 2.68. The van der Waals surface area contributed by atoms with Crippen LogP contribution >= 0.6 is 34.5 Å². The Balaban J connectivity index is 2.20. The van der Waals surface area contributed by atoms with Crippen LogP contribution in [-0.4, -0.2) is 6.10 Å². The summed E-state index contributed by atoms with van der Waals surface area (Å²) in [7, 11) is 0. The van der Waals surface area contributed by atoms with E-state index in [1.165, 1.54) is 11.3 Å². The van der Waals surface area contributed by atoms with Crippen molar-refractivity contribution in [1.29, 1.82) is 0 Å². The van der Waals surface area contributed by atoms with Gasteiger partial charge in [-0.3, -0.25) is 0 Å². The highest BCUT2D eigenvalue weighted by Gasteiger charge is 2.15. The van der Waals surface area contributed by atoms with Crippen molar-refractivity contribution in [2.45, 2.75) is 26.0 Å². The van der Waals surface area contributed by atoms with E-state index in [0.29, 0.717) is 8.67 Å². The van der Waals surface area contributed by atoms with Crippen LogP contribution in [0.25, 0.3) is 0 Å². The molecule has 0 fully saturated rings. The maximum absolute atomic E-state index is 6.20. The van der Waals surface area contributed by atoms with Crippen molar-refractivity contribution < 1.29 is 4.74 Å². The second-order valence-electron chi connectivity index (χ2n) is 4.49. The van der Waals surface area contributed by atoms with Gasteiger partial charge in [0.1, 0.15) is 5.75 Å². The number of rotatable bonds is 4. The molecule has 0 saturated carbocycles. The van der Waals surface area contributed by atoms with Gasteiger partial charge in [0, 0.05) is 5.56 Å². The van der Waals surface area contributed by atoms with Gasteiger partial charge in [-0.05, 0) is 37.6 Å². The number of hydrogen-bond acceptors (Lipinski definition) is 3. The molecule has 1 atom stereocenters. The van der Waals surface area contributed by atoms with Gasteiger partial charge < -0.3 is 10.5 Å². The molecule has 0 aliphatic rings. The van der Waals surface area contributed by atoms with Crippen LogP contribution in [0.1, 0.15) is 31.0 Å². The van der Waals surface area contributed by atoms with Crippen molar-refractivity contribution in [2.24, 2.45) is 5.73 Å². The smallest absolute Gasteiger partial charge is 0.119 e. The second-order valence-corrected chi connectivity index (χ2v) is 6.78. The highest BCUT2D eigenvalue weighted by atomic mass is 35.5. The van der Waals surface area contributed by atoms with Crippen molar-refractivity contribution in [1.82, 2.24) is 0 Å². The highest BCUT2D eigenvalue weighted by molar-refractivity contribution is 7.20. The third kappa shape index (κ3) is 3.63. The van der Waals surface area contributed by atoms with E-state index in [-0.39, 0.29) is 12.1 Å². The first kappa shape index (κ1) is 14.7. The van der Waals surface area contributed by atoms with Gasteiger partial charge in [0.05, 0.1) is 20.8 Å². The number of ether oxygens (including phenoxy) is 1. The molecule has 1 unspecified atom stereocenters. The Kier molecular flexibility index (Phi) is 4.74. The van der Waals surface area contributed by atoms with Crippen LogP contribution < -0.4 is 10.5 Å². The van der Waals surface area contributed by atoms with Crippen LogP contribution in [0.15, 0.2) is 30.3 Å². The van der Waals surface area contributed by atoms with E-state index in [9.17, 15) is 0 Å². The molecule has 1 aromatic heterocycles. The molecular formula is C14H15Cl2NOS. The van der Waals surface area contributed by atoms with Gasteiger partial charge in [0.25, 0.3) is 0 Å². The van der Waals surface area contributed by atoms with Gasteiger partial charge in [-0.1, -0.05) is 35.3 Å². The Labute approximate surface area is 127 Å². The standard InChI is InChI=1S/C14H15Cl2NOS/c1-8(2)18-10-5-3-9(4-6-10)13(17)11-7-12(15)19-14(11)16/h3-8,13H,17H2,1-2H3. The van der Waals surface area contributed by atoms with Crippen LogP contribution in [0.4, 0.5) is 0 Å². The summed E-state index contributed by atoms with van der Waals surface area (Å²) in [4.78, 5) is 0. The fraction of sp³-hybridized carbons (Fsp3) is 0.286. The minimum Gasteiger partial charge on any atom is -0.491 e. The van der Waals surface area contributed by atoms with Crippen molar-refractivity contribution in [2.75, 3.05) is 0 Å². The highest BCUT2D eigenvalue weighted by Crippen LogP contribution is 2.36. The molecule has 2 rings (SSSR count). The molecule has 2 aromatic rings. The Hall–Kier alpha value is -0.740. The minimum absolute atomic E-state index is 0.157. The van der Waals surface area contributed by atoms with Crippen molar-refractivity contribution >= 4 is 34.5 Å². The molecule has 102 valence electrons. The molecule has 0 bridgehead atoms. The van der Waals surface area contributed by atoms with Crippen LogP contribution in [0.5, 0.6) is 5.75 Å². The van der Waals surface area contributed by atoms with E-state index in [4.69, 9.17) is 33.7 Å². The predicted octanol–water partition coefficient (Wildman–Crippen LogP) is 4.89. The lowest BCUT2D eigenvalue weighted by Gasteiger charge is -2.13. The fourth-order valence-electron chi connectivity index (χ4n) is 1.77. The number of thiophene rings is 1. The molecule has 0 aliphatic heterocycles. The Morgan fingerprint density at radius 3 is 2.26 bits per heavy atom. The summed E-state index contributed by atoms with van der Waals surface area (Å²) in [6.07, 6.45) is 0.157. The molecule has 0 radical (unpaired) electrons. The summed E-state index contributed by atoms with van der Waals surface area (Å²) in [5, 5.41) is 0. The van der Waals surface area contributed by atoms with Gasteiger partial charge in [-0.2, -0.15) is 0 Å². The minimum atomic E-state index is -0.274. The lowest BCUT2D eigenvalue weighted by molar-refractivity contribution is 0.242. The van der Waals surface area contributed by atoms with Gasteiger partial charge in [-0.15, -0.1) is 11.3 Å². The first-order valence-electron chi connectivity index (χ1n) is 5.94. The van der Waals surface area contributed by atoms with Crippen LogP contribution in [0, 0.1) is 0 Å². The number of hydrogen-bond donors (Lipinski definition) is 1. The van der Waals surface area contributed by atoms with Gasteiger partial charge in [-0.25, -0.2) is 0 Å². The van der Waals surface area contributed by atoms with E-state index in [1.807, 2.05) is 44.2 Å². The summed E-state index contributed by atoms with van der Waals surface area (Å²) in [6.45, 7) is 3.99. The van der Waals surface area contributed by atoms with Crippen molar-refractivity contribution in [3.8, 4) is 5.75 Å². The molecule has 19 heavy (non-hydrogen) atoms. The zero-order valence-corrected chi connectivity index (χ0v) is 13.0. The molecule has 0 spiro atoms. The topological polar surface area (TPSA) is 35.2 Å². The van der Waals surface area contributed by atoms with Crippen LogP contribution in [0.3, 0.4) is 0 Å². The normalized spacial score (nSPS) is 12.7. The summed E-state index contributed by atoms with van der Waals surface area (Å²) in [6, 6.07) is 9.27. The molecule has 2 N–H and O–H groups in total. The zero-order chi connectivity index (χ0) is 14.0. The monoisotopic (exact) mass is 315 g/mol. The quantitative estimate of drug-likeness (QED) is 0.871. The van der Waals surface area contributed by atoms with Gasteiger partial charge >= 0.3 is 0 Å².